The highest BCUT2D eigenvalue weighted by molar-refractivity contribution is 6.38. The van der Waals surface area contributed by atoms with E-state index in [1.165, 1.54) is 5.01 Å². The Hall–Kier alpha value is -3.26. The number of Topliss-reactive ketones (excluding diaryl/α,β-unsaturated/α-hetero) is 1. The molecule has 1 amide bonds. The summed E-state index contributed by atoms with van der Waals surface area (Å²) in [6, 6.07) is 10.7. The van der Waals surface area contributed by atoms with Gasteiger partial charge in [-0.3, -0.25) is 9.59 Å². The molecule has 164 valence electrons. The molecule has 1 aromatic heterocycles. The summed E-state index contributed by atoms with van der Waals surface area (Å²) in [6.45, 7) is 5.94. The third-order valence-corrected chi connectivity index (χ3v) is 5.24. The minimum absolute atomic E-state index is 0.0761. The topological polar surface area (TPSA) is 90.2 Å². The van der Waals surface area contributed by atoms with Crippen LogP contribution in [0.5, 0.6) is 0 Å². The number of aryl methyl sites for hydroxylation is 1. The van der Waals surface area contributed by atoms with Crippen molar-refractivity contribution in [1.29, 1.82) is 0 Å². The lowest BCUT2D eigenvalue weighted by Gasteiger charge is -2.22. The van der Waals surface area contributed by atoms with E-state index >= 15 is 0 Å². The van der Waals surface area contributed by atoms with Crippen LogP contribution in [0.3, 0.4) is 0 Å². The molecule has 2 heterocycles. The maximum Gasteiger partial charge on any atom is 0.354 e. The Morgan fingerprint density at radius 1 is 1.16 bits per heavy atom. The van der Waals surface area contributed by atoms with Gasteiger partial charge >= 0.3 is 5.97 Å². The number of carbonyl (C=O) groups excluding carboxylic acids is 3. The highest BCUT2D eigenvalue weighted by Crippen LogP contribution is 2.22. The van der Waals surface area contributed by atoms with Crippen molar-refractivity contribution in [3.05, 3.63) is 53.3 Å². The first-order valence-corrected chi connectivity index (χ1v) is 10.2. The smallest absolute Gasteiger partial charge is 0.354 e. The number of benzene rings is 1. The molecular formula is C23H27N3O5. The SMILES string of the molecule is COC[C@H](C)n1c(C)cc(C(=O)COC(=O)C2=NN(c3ccccc3)C(=O)CC2)c1C. The molecule has 0 saturated carbocycles. The predicted octanol–water partition coefficient (Wildman–Crippen LogP) is 3.22. The van der Waals surface area contributed by atoms with E-state index in [0.717, 1.165) is 11.4 Å². The molecule has 1 aromatic carbocycles. The predicted molar refractivity (Wildman–Crippen MR) is 116 cm³/mol. The molecule has 31 heavy (non-hydrogen) atoms. The second-order valence-corrected chi connectivity index (χ2v) is 7.55. The standard InChI is InChI=1S/C23H27N3O5/c1-15-12-19(17(3)25(15)16(2)13-30-4)21(27)14-31-23(29)20-10-11-22(28)26(24-20)18-8-6-5-7-9-18/h5-9,12,16H,10-11,13-14H2,1-4H3/t16-/m0/s1. The van der Waals surface area contributed by atoms with Gasteiger partial charge in [-0.25, -0.2) is 9.80 Å². The highest BCUT2D eigenvalue weighted by Gasteiger charge is 2.27. The number of nitrogens with zero attached hydrogens (tertiary/aromatic N) is 3. The van der Waals surface area contributed by atoms with E-state index in [2.05, 4.69) is 5.10 Å². The zero-order valence-corrected chi connectivity index (χ0v) is 18.3. The lowest BCUT2D eigenvalue weighted by atomic mass is 10.1. The molecule has 3 rings (SSSR count). The van der Waals surface area contributed by atoms with Crippen LogP contribution in [-0.2, 0) is 19.1 Å². The van der Waals surface area contributed by atoms with Crippen molar-refractivity contribution in [1.82, 2.24) is 4.57 Å². The molecule has 1 atom stereocenters. The van der Waals surface area contributed by atoms with Crippen LogP contribution in [0.25, 0.3) is 0 Å². The summed E-state index contributed by atoms with van der Waals surface area (Å²) >= 11 is 0. The summed E-state index contributed by atoms with van der Waals surface area (Å²) in [5.74, 6) is -1.18. The fraction of sp³-hybridized carbons (Fsp3) is 0.391. The lowest BCUT2D eigenvalue weighted by molar-refractivity contribution is -0.134. The molecular weight excluding hydrogens is 398 g/mol. The number of carbonyl (C=O) groups is 3. The summed E-state index contributed by atoms with van der Waals surface area (Å²) in [5, 5.41) is 5.36. The van der Waals surface area contributed by atoms with Crippen molar-refractivity contribution < 1.29 is 23.9 Å². The minimum atomic E-state index is -0.691. The Balaban J connectivity index is 1.69. The van der Waals surface area contributed by atoms with Crippen molar-refractivity contribution in [2.24, 2.45) is 5.10 Å². The summed E-state index contributed by atoms with van der Waals surface area (Å²) < 4.78 is 12.5. The number of ketones is 1. The van der Waals surface area contributed by atoms with Crippen LogP contribution in [0.1, 0.15) is 47.6 Å². The number of aromatic nitrogens is 1. The van der Waals surface area contributed by atoms with Gasteiger partial charge in [0, 0.05) is 36.9 Å². The Morgan fingerprint density at radius 3 is 2.55 bits per heavy atom. The fourth-order valence-electron chi connectivity index (χ4n) is 3.82. The van der Waals surface area contributed by atoms with E-state index in [0.29, 0.717) is 17.9 Å². The number of anilines is 1. The molecule has 1 aliphatic rings. The molecule has 1 aliphatic heterocycles. The van der Waals surface area contributed by atoms with Crippen molar-refractivity contribution in [3.8, 4) is 0 Å². The van der Waals surface area contributed by atoms with Gasteiger partial charge in [-0.2, -0.15) is 5.10 Å². The van der Waals surface area contributed by atoms with Gasteiger partial charge in [0.1, 0.15) is 5.71 Å². The third-order valence-electron chi connectivity index (χ3n) is 5.24. The van der Waals surface area contributed by atoms with Gasteiger partial charge in [0.25, 0.3) is 0 Å². The monoisotopic (exact) mass is 425 g/mol. The summed E-state index contributed by atoms with van der Waals surface area (Å²) in [5.41, 5.74) is 2.95. The molecule has 0 unspecified atom stereocenters. The largest absolute Gasteiger partial charge is 0.453 e. The number of ether oxygens (including phenoxy) is 2. The Bertz CT molecular complexity index is 1010. The van der Waals surface area contributed by atoms with E-state index in [-0.39, 0.29) is 42.9 Å². The van der Waals surface area contributed by atoms with Crippen LogP contribution >= 0.6 is 0 Å². The van der Waals surface area contributed by atoms with Crippen LogP contribution in [0.2, 0.25) is 0 Å². The minimum Gasteiger partial charge on any atom is -0.453 e. The van der Waals surface area contributed by atoms with Gasteiger partial charge in [0.15, 0.2) is 6.61 Å². The van der Waals surface area contributed by atoms with Gasteiger partial charge in [0.05, 0.1) is 18.3 Å². The third kappa shape index (κ3) is 4.91. The van der Waals surface area contributed by atoms with Crippen molar-refractivity contribution in [2.75, 3.05) is 25.3 Å². The molecule has 8 nitrogen and oxygen atoms in total. The van der Waals surface area contributed by atoms with Crippen LogP contribution in [0.4, 0.5) is 5.69 Å². The molecule has 0 bridgehead atoms. The molecule has 0 saturated heterocycles. The molecule has 0 spiro atoms. The van der Waals surface area contributed by atoms with E-state index < -0.39 is 5.97 Å². The van der Waals surface area contributed by atoms with Crippen LogP contribution in [-0.4, -0.2) is 48.3 Å². The molecule has 0 fully saturated rings. The van der Waals surface area contributed by atoms with Gasteiger partial charge in [-0.15, -0.1) is 0 Å². The van der Waals surface area contributed by atoms with Gasteiger partial charge in [-0.05, 0) is 39.0 Å². The van der Waals surface area contributed by atoms with Gasteiger partial charge < -0.3 is 14.0 Å². The number of rotatable bonds is 8. The van der Waals surface area contributed by atoms with E-state index in [9.17, 15) is 14.4 Å². The quantitative estimate of drug-likeness (QED) is 0.478. The fourth-order valence-corrected chi connectivity index (χ4v) is 3.82. The molecule has 0 radical (unpaired) electrons. The Morgan fingerprint density at radius 2 is 1.87 bits per heavy atom. The number of hydrazone groups is 1. The lowest BCUT2D eigenvalue weighted by Crippen LogP contribution is -2.35. The van der Waals surface area contributed by atoms with Crippen molar-refractivity contribution in [2.45, 2.75) is 39.7 Å². The first kappa shape index (κ1) is 22.4. The molecule has 0 aliphatic carbocycles. The second kappa shape index (κ2) is 9.70. The maximum absolute atomic E-state index is 12.7. The molecule has 0 N–H and O–H groups in total. The number of para-hydroxylation sites is 1. The first-order chi connectivity index (χ1) is 14.8. The number of methoxy groups -OCH3 is 1. The Labute approximate surface area is 181 Å². The number of amides is 1. The van der Waals surface area contributed by atoms with Crippen LogP contribution < -0.4 is 5.01 Å². The van der Waals surface area contributed by atoms with E-state index in [4.69, 9.17) is 9.47 Å². The number of esters is 1. The van der Waals surface area contributed by atoms with Gasteiger partial charge in [0.2, 0.25) is 11.7 Å². The zero-order valence-electron chi connectivity index (χ0n) is 18.3. The van der Waals surface area contributed by atoms with Crippen molar-refractivity contribution in [3.63, 3.8) is 0 Å². The highest BCUT2D eigenvalue weighted by atomic mass is 16.5. The normalized spacial score (nSPS) is 14.9. The van der Waals surface area contributed by atoms with E-state index in [1.807, 2.05) is 31.4 Å². The zero-order chi connectivity index (χ0) is 22.5. The Kier molecular flexibility index (Phi) is 7.02. The first-order valence-electron chi connectivity index (χ1n) is 10.2. The van der Waals surface area contributed by atoms with Crippen molar-refractivity contribution >= 4 is 29.1 Å². The molecule has 8 heteroatoms. The second-order valence-electron chi connectivity index (χ2n) is 7.55. The number of hydrogen-bond donors (Lipinski definition) is 0. The summed E-state index contributed by atoms with van der Waals surface area (Å²) in [6.07, 6.45) is 0.327. The maximum atomic E-state index is 12.7. The average molecular weight is 425 g/mol. The summed E-state index contributed by atoms with van der Waals surface area (Å²) in [7, 11) is 1.64. The van der Waals surface area contributed by atoms with Crippen LogP contribution in [0, 0.1) is 13.8 Å². The van der Waals surface area contributed by atoms with Crippen LogP contribution in [0.15, 0.2) is 41.5 Å². The average Bonchev–Trinajstić information content (AvgIpc) is 3.07. The molecule has 2 aromatic rings. The number of hydrogen-bond acceptors (Lipinski definition) is 6. The van der Waals surface area contributed by atoms with E-state index in [1.54, 1.807) is 37.4 Å². The van der Waals surface area contributed by atoms with Gasteiger partial charge in [-0.1, -0.05) is 18.2 Å². The summed E-state index contributed by atoms with van der Waals surface area (Å²) in [4.78, 5) is 37.4.